The van der Waals surface area contributed by atoms with E-state index in [-0.39, 0.29) is 11.9 Å². The zero-order valence-corrected chi connectivity index (χ0v) is 12.2. The summed E-state index contributed by atoms with van der Waals surface area (Å²) in [6, 6.07) is 13.7. The van der Waals surface area contributed by atoms with Gasteiger partial charge in [-0.2, -0.15) is 0 Å². The van der Waals surface area contributed by atoms with Crippen LogP contribution in [0.5, 0.6) is 0 Å². The summed E-state index contributed by atoms with van der Waals surface area (Å²) in [5.74, 6) is -0.00706. The number of amides is 1. The zero-order valence-electron chi connectivity index (χ0n) is 12.2. The molecule has 0 spiro atoms. The summed E-state index contributed by atoms with van der Waals surface area (Å²) in [4.78, 5) is 15.8. The number of nitrogens with zero attached hydrogens (tertiary/aromatic N) is 1. The number of aromatic nitrogens is 1. The number of benzene rings is 1. The minimum Gasteiger partial charge on any atom is -0.376 e. The largest absolute Gasteiger partial charge is 0.376 e. The Bertz CT molecular complexity index is 543. The fourth-order valence-electron chi connectivity index (χ4n) is 1.98. The number of ether oxygens (including phenoxy) is 1. The van der Waals surface area contributed by atoms with Gasteiger partial charge in [0.05, 0.1) is 19.3 Å². The second-order valence-corrected chi connectivity index (χ2v) is 4.86. The monoisotopic (exact) mass is 284 g/mol. The van der Waals surface area contributed by atoms with Crippen LogP contribution in [0.3, 0.4) is 0 Å². The lowest BCUT2D eigenvalue weighted by atomic mass is 10.1. The van der Waals surface area contributed by atoms with Crippen LogP contribution >= 0.6 is 0 Å². The molecule has 0 bridgehead atoms. The first-order valence-electron chi connectivity index (χ1n) is 7.06. The number of carbonyl (C=O) groups excluding carboxylic acids is 1. The van der Waals surface area contributed by atoms with Crippen LogP contribution in [0.4, 0.5) is 0 Å². The van der Waals surface area contributed by atoms with Gasteiger partial charge in [-0.15, -0.1) is 0 Å². The highest BCUT2D eigenvalue weighted by atomic mass is 16.5. The van der Waals surface area contributed by atoms with Crippen molar-refractivity contribution >= 4 is 5.91 Å². The molecule has 1 aromatic heterocycles. The van der Waals surface area contributed by atoms with E-state index in [1.54, 1.807) is 12.4 Å². The lowest BCUT2D eigenvalue weighted by Crippen LogP contribution is -2.27. The molecule has 1 unspecified atom stereocenters. The summed E-state index contributed by atoms with van der Waals surface area (Å²) < 4.78 is 5.51. The maximum absolute atomic E-state index is 11.8. The molecule has 1 atom stereocenters. The van der Waals surface area contributed by atoms with Crippen molar-refractivity contribution in [3.8, 4) is 0 Å². The van der Waals surface area contributed by atoms with Gasteiger partial charge in [-0.1, -0.05) is 30.3 Å². The van der Waals surface area contributed by atoms with Crippen LogP contribution in [-0.4, -0.2) is 17.5 Å². The summed E-state index contributed by atoms with van der Waals surface area (Å²) in [6.45, 7) is 2.91. The first-order valence-corrected chi connectivity index (χ1v) is 7.06. The van der Waals surface area contributed by atoms with Crippen molar-refractivity contribution in [3.05, 3.63) is 66.0 Å². The van der Waals surface area contributed by atoms with Crippen LogP contribution in [-0.2, 0) is 16.1 Å². The molecule has 2 aromatic rings. The molecule has 1 amide bonds. The van der Waals surface area contributed by atoms with Gasteiger partial charge in [-0.25, -0.2) is 0 Å². The van der Waals surface area contributed by atoms with Crippen LogP contribution in [0, 0.1) is 0 Å². The fraction of sp³-hybridized carbons (Fsp3) is 0.294. The Morgan fingerprint density at radius 3 is 2.62 bits per heavy atom. The van der Waals surface area contributed by atoms with E-state index in [0.29, 0.717) is 19.6 Å². The molecule has 0 saturated heterocycles. The van der Waals surface area contributed by atoms with Crippen LogP contribution in [0.1, 0.15) is 30.5 Å². The number of carbonyl (C=O) groups is 1. The average Bonchev–Trinajstić information content (AvgIpc) is 2.53. The van der Waals surface area contributed by atoms with Crippen LogP contribution in [0.2, 0.25) is 0 Å². The second-order valence-electron chi connectivity index (χ2n) is 4.86. The van der Waals surface area contributed by atoms with Crippen molar-refractivity contribution < 1.29 is 9.53 Å². The molecule has 21 heavy (non-hydrogen) atoms. The van der Waals surface area contributed by atoms with E-state index in [9.17, 15) is 4.79 Å². The second kappa shape index (κ2) is 8.17. The number of nitrogens with one attached hydrogen (secondary N) is 1. The van der Waals surface area contributed by atoms with Crippen molar-refractivity contribution in [2.45, 2.75) is 26.0 Å². The van der Waals surface area contributed by atoms with E-state index in [2.05, 4.69) is 10.3 Å². The minimum absolute atomic E-state index is 0.00706. The van der Waals surface area contributed by atoms with E-state index in [0.717, 1.165) is 11.1 Å². The molecule has 110 valence electrons. The van der Waals surface area contributed by atoms with Gasteiger partial charge >= 0.3 is 0 Å². The molecule has 0 fully saturated rings. The lowest BCUT2D eigenvalue weighted by Gasteiger charge is -2.14. The molecule has 0 saturated carbocycles. The number of pyridine rings is 1. The molecular weight excluding hydrogens is 264 g/mol. The molecule has 1 N–H and O–H groups in total. The highest BCUT2D eigenvalue weighted by molar-refractivity contribution is 5.76. The minimum atomic E-state index is -0.0189. The Morgan fingerprint density at radius 2 is 1.90 bits per heavy atom. The first-order chi connectivity index (χ1) is 10.3. The smallest absolute Gasteiger partial charge is 0.222 e. The van der Waals surface area contributed by atoms with Crippen molar-refractivity contribution in [2.24, 2.45) is 0 Å². The lowest BCUT2D eigenvalue weighted by molar-refractivity contribution is -0.122. The van der Waals surface area contributed by atoms with Gasteiger partial charge in [0.25, 0.3) is 0 Å². The quantitative estimate of drug-likeness (QED) is 0.795. The third-order valence-electron chi connectivity index (χ3n) is 3.17. The van der Waals surface area contributed by atoms with E-state index in [1.165, 1.54) is 0 Å². The highest BCUT2D eigenvalue weighted by Gasteiger charge is 2.08. The molecule has 0 aliphatic carbocycles. The van der Waals surface area contributed by atoms with Gasteiger partial charge in [0.15, 0.2) is 0 Å². The Morgan fingerprint density at radius 1 is 1.19 bits per heavy atom. The van der Waals surface area contributed by atoms with E-state index >= 15 is 0 Å². The van der Waals surface area contributed by atoms with Crippen molar-refractivity contribution in [1.29, 1.82) is 0 Å². The molecule has 1 heterocycles. The third kappa shape index (κ3) is 5.36. The number of hydrogen-bond acceptors (Lipinski definition) is 3. The molecule has 0 aliphatic heterocycles. The van der Waals surface area contributed by atoms with Crippen LogP contribution in [0.15, 0.2) is 54.9 Å². The number of rotatable bonds is 7. The summed E-state index contributed by atoms with van der Waals surface area (Å²) in [5, 5.41) is 2.95. The maximum atomic E-state index is 11.8. The topological polar surface area (TPSA) is 51.2 Å². The Labute approximate surface area is 125 Å². The molecule has 4 heteroatoms. The molecule has 1 aromatic carbocycles. The van der Waals surface area contributed by atoms with Gasteiger partial charge in [0.2, 0.25) is 5.91 Å². The SMILES string of the molecule is CC(NC(=O)CCOCc1ccccc1)c1ccncc1. The van der Waals surface area contributed by atoms with Gasteiger partial charge < -0.3 is 10.1 Å². The average molecular weight is 284 g/mol. The Balaban J connectivity index is 1.66. The standard InChI is InChI=1S/C17H20N2O2/c1-14(16-7-10-18-11-8-16)19-17(20)9-12-21-13-15-5-3-2-4-6-15/h2-8,10-11,14H,9,12-13H2,1H3,(H,19,20). The van der Waals surface area contributed by atoms with Crippen molar-refractivity contribution in [1.82, 2.24) is 10.3 Å². The third-order valence-corrected chi connectivity index (χ3v) is 3.17. The van der Waals surface area contributed by atoms with E-state index in [1.807, 2.05) is 49.4 Å². The zero-order chi connectivity index (χ0) is 14.9. The predicted octanol–water partition coefficient (Wildman–Crippen LogP) is 2.87. The van der Waals surface area contributed by atoms with Gasteiger partial charge in [-0.05, 0) is 30.2 Å². The Kier molecular flexibility index (Phi) is 5.91. The van der Waals surface area contributed by atoms with E-state index < -0.39 is 0 Å². The Hall–Kier alpha value is -2.20. The first kappa shape index (κ1) is 15.2. The van der Waals surface area contributed by atoms with Gasteiger partial charge in [0.1, 0.15) is 0 Å². The molecule has 0 aliphatic rings. The number of hydrogen-bond donors (Lipinski definition) is 1. The predicted molar refractivity (Wildman–Crippen MR) is 81.5 cm³/mol. The normalized spacial score (nSPS) is 11.9. The van der Waals surface area contributed by atoms with Crippen LogP contribution in [0.25, 0.3) is 0 Å². The van der Waals surface area contributed by atoms with Crippen molar-refractivity contribution in [2.75, 3.05) is 6.61 Å². The van der Waals surface area contributed by atoms with E-state index in [4.69, 9.17) is 4.74 Å². The summed E-state index contributed by atoms with van der Waals surface area (Å²) in [7, 11) is 0. The maximum Gasteiger partial charge on any atom is 0.222 e. The molecule has 0 radical (unpaired) electrons. The molecule has 4 nitrogen and oxygen atoms in total. The summed E-state index contributed by atoms with van der Waals surface area (Å²) in [6.07, 6.45) is 3.81. The summed E-state index contributed by atoms with van der Waals surface area (Å²) >= 11 is 0. The van der Waals surface area contributed by atoms with Gasteiger partial charge in [-0.3, -0.25) is 9.78 Å². The molecular formula is C17H20N2O2. The fourth-order valence-corrected chi connectivity index (χ4v) is 1.98. The summed E-state index contributed by atoms with van der Waals surface area (Å²) in [5.41, 5.74) is 2.16. The highest BCUT2D eigenvalue weighted by Crippen LogP contribution is 2.10. The van der Waals surface area contributed by atoms with Crippen LogP contribution < -0.4 is 5.32 Å². The van der Waals surface area contributed by atoms with Gasteiger partial charge in [0, 0.05) is 18.8 Å². The molecule has 2 rings (SSSR count). The van der Waals surface area contributed by atoms with Crippen molar-refractivity contribution in [3.63, 3.8) is 0 Å².